The summed E-state index contributed by atoms with van der Waals surface area (Å²) in [5, 5.41) is 4.89. The molecule has 0 N–H and O–H groups in total. The zero-order valence-electron chi connectivity index (χ0n) is 15.9. The molecule has 0 saturated carbocycles. The summed E-state index contributed by atoms with van der Waals surface area (Å²) in [6.45, 7) is 5.45. The molecule has 28 heavy (non-hydrogen) atoms. The number of hydrogen-bond donors (Lipinski definition) is 0. The largest absolute Gasteiger partial charge is 0.444 e. The maximum atomic E-state index is 12.8. The first-order valence-electron chi connectivity index (χ1n) is 9.41. The highest BCUT2D eigenvalue weighted by Crippen LogP contribution is 2.30. The van der Waals surface area contributed by atoms with Crippen molar-refractivity contribution in [1.82, 2.24) is 15.0 Å². The SMILES string of the molecule is CCCN(CC)C(=O)c1ccc2onc(-c3coc(-c4ccccc4)n3)c2c1. The van der Waals surface area contributed by atoms with Crippen LogP contribution in [-0.4, -0.2) is 34.0 Å². The van der Waals surface area contributed by atoms with Crippen molar-refractivity contribution >= 4 is 16.9 Å². The number of oxazole rings is 1. The van der Waals surface area contributed by atoms with E-state index in [2.05, 4.69) is 17.1 Å². The Kier molecular flexibility index (Phi) is 4.93. The predicted molar refractivity (Wildman–Crippen MR) is 107 cm³/mol. The number of aromatic nitrogens is 2. The minimum absolute atomic E-state index is 0.00327. The van der Waals surface area contributed by atoms with E-state index in [9.17, 15) is 4.79 Å². The molecule has 0 unspecified atom stereocenters. The Hall–Kier alpha value is -3.41. The monoisotopic (exact) mass is 375 g/mol. The highest BCUT2D eigenvalue weighted by Gasteiger charge is 2.19. The van der Waals surface area contributed by atoms with Gasteiger partial charge in [0.2, 0.25) is 5.89 Å². The highest BCUT2D eigenvalue weighted by molar-refractivity contribution is 6.00. The van der Waals surface area contributed by atoms with Gasteiger partial charge < -0.3 is 13.8 Å². The third-order valence-corrected chi connectivity index (χ3v) is 4.65. The van der Waals surface area contributed by atoms with Crippen molar-refractivity contribution in [2.45, 2.75) is 20.3 Å². The van der Waals surface area contributed by atoms with Crippen molar-refractivity contribution in [3.05, 3.63) is 60.4 Å². The third kappa shape index (κ3) is 3.29. The van der Waals surface area contributed by atoms with Crippen LogP contribution in [0.3, 0.4) is 0 Å². The summed E-state index contributed by atoms with van der Waals surface area (Å²) >= 11 is 0. The molecule has 0 radical (unpaired) electrons. The molecule has 0 aliphatic carbocycles. The summed E-state index contributed by atoms with van der Waals surface area (Å²) in [5.74, 6) is 0.516. The van der Waals surface area contributed by atoms with Gasteiger partial charge in [-0.2, -0.15) is 0 Å². The van der Waals surface area contributed by atoms with E-state index in [1.165, 1.54) is 0 Å². The molecule has 4 rings (SSSR count). The lowest BCUT2D eigenvalue weighted by Crippen LogP contribution is -2.31. The van der Waals surface area contributed by atoms with Crippen molar-refractivity contribution < 1.29 is 13.7 Å². The Balaban J connectivity index is 1.71. The Morgan fingerprint density at radius 1 is 1.11 bits per heavy atom. The third-order valence-electron chi connectivity index (χ3n) is 4.65. The zero-order valence-corrected chi connectivity index (χ0v) is 15.9. The summed E-state index contributed by atoms with van der Waals surface area (Å²) in [6, 6.07) is 15.0. The van der Waals surface area contributed by atoms with Crippen LogP contribution in [0.25, 0.3) is 33.8 Å². The molecule has 1 amide bonds. The van der Waals surface area contributed by atoms with Crippen LogP contribution in [0.2, 0.25) is 0 Å². The lowest BCUT2D eigenvalue weighted by molar-refractivity contribution is 0.0764. The summed E-state index contributed by atoms with van der Waals surface area (Å²) in [4.78, 5) is 19.2. The smallest absolute Gasteiger partial charge is 0.253 e. The van der Waals surface area contributed by atoms with E-state index >= 15 is 0 Å². The van der Waals surface area contributed by atoms with E-state index < -0.39 is 0 Å². The summed E-state index contributed by atoms with van der Waals surface area (Å²) in [5.41, 5.74) is 3.24. The van der Waals surface area contributed by atoms with E-state index in [4.69, 9.17) is 8.94 Å². The average molecular weight is 375 g/mol. The second kappa shape index (κ2) is 7.68. The number of carbonyl (C=O) groups is 1. The molecule has 0 bridgehead atoms. The van der Waals surface area contributed by atoms with Crippen LogP contribution in [0, 0.1) is 0 Å². The molecule has 0 fully saturated rings. The molecule has 0 atom stereocenters. The first-order chi connectivity index (χ1) is 13.7. The van der Waals surface area contributed by atoms with E-state index in [-0.39, 0.29) is 5.91 Å². The van der Waals surface area contributed by atoms with Gasteiger partial charge in [0.1, 0.15) is 17.7 Å². The number of amides is 1. The number of nitrogens with zero attached hydrogens (tertiary/aromatic N) is 3. The number of rotatable bonds is 6. The topological polar surface area (TPSA) is 72.4 Å². The van der Waals surface area contributed by atoms with Gasteiger partial charge in [0.25, 0.3) is 5.91 Å². The van der Waals surface area contributed by atoms with Crippen LogP contribution in [0.1, 0.15) is 30.6 Å². The minimum Gasteiger partial charge on any atom is -0.444 e. The molecule has 0 spiro atoms. The molecule has 142 valence electrons. The van der Waals surface area contributed by atoms with Gasteiger partial charge in [0.15, 0.2) is 5.58 Å². The molecule has 2 aromatic carbocycles. The first-order valence-corrected chi connectivity index (χ1v) is 9.41. The minimum atomic E-state index is 0.00327. The lowest BCUT2D eigenvalue weighted by atomic mass is 10.1. The van der Waals surface area contributed by atoms with Gasteiger partial charge in [-0.3, -0.25) is 4.79 Å². The van der Waals surface area contributed by atoms with E-state index in [1.54, 1.807) is 18.4 Å². The molecule has 0 aliphatic rings. The number of benzene rings is 2. The normalized spacial score (nSPS) is 11.1. The fraction of sp³-hybridized carbons (Fsp3) is 0.227. The van der Waals surface area contributed by atoms with Gasteiger partial charge in [-0.1, -0.05) is 30.3 Å². The van der Waals surface area contributed by atoms with Crippen molar-refractivity contribution in [2.24, 2.45) is 0 Å². The second-order valence-corrected chi connectivity index (χ2v) is 6.53. The van der Waals surface area contributed by atoms with E-state index in [0.717, 1.165) is 23.9 Å². The molecule has 6 nitrogen and oxygen atoms in total. The van der Waals surface area contributed by atoms with Gasteiger partial charge in [0, 0.05) is 24.2 Å². The lowest BCUT2D eigenvalue weighted by Gasteiger charge is -2.20. The summed E-state index contributed by atoms with van der Waals surface area (Å²) in [7, 11) is 0. The van der Waals surface area contributed by atoms with Gasteiger partial charge in [-0.15, -0.1) is 0 Å². The maximum Gasteiger partial charge on any atom is 0.253 e. The fourth-order valence-corrected chi connectivity index (χ4v) is 3.21. The maximum absolute atomic E-state index is 12.8. The first kappa shape index (κ1) is 18.0. The number of fused-ring (bicyclic) bond motifs is 1. The molecule has 0 saturated heterocycles. The highest BCUT2D eigenvalue weighted by atomic mass is 16.5. The predicted octanol–water partition coefficient (Wildman–Crippen LogP) is 5.02. The van der Waals surface area contributed by atoms with Crippen LogP contribution in [0.4, 0.5) is 0 Å². The fourth-order valence-electron chi connectivity index (χ4n) is 3.21. The summed E-state index contributed by atoms with van der Waals surface area (Å²) in [6.07, 6.45) is 2.48. The molecule has 0 aliphatic heterocycles. The average Bonchev–Trinajstić information content (AvgIpc) is 3.38. The quantitative estimate of drug-likeness (QED) is 0.473. The standard InChI is InChI=1S/C22H21N3O3/c1-3-12-25(4-2)22(26)16-10-11-19-17(13-16)20(24-28-19)18-14-27-21(23-18)15-8-6-5-7-9-15/h5-11,13-14H,3-4,12H2,1-2H3. The number of carbonyl (C=O) groups excluding carboxylic acids is 1. The Labute approximate surface area is 162 Å². The van der Waals surface area contributed by atoms with Gasteiger partial charge in [-0.25, -0.2) is 4.98 Å². The van der Waals surface area contributed by atoms with Crippen LogP contribution in [0.15, 0.2) is 63.7 Å². The van der Waals surface area contributed by atoms with Crippen molar-refractivity contribution in [2.75, 3.05) is 13.1 Å². The summed E-state index contributed by atoms with van der Waals surface area (Å²) < 4.78 is 11.1. The van der Waals surface area contributed by atoms with Crippen molar-refractivity contribution in [3.63, 3.8) is 0 Å². The Morgan fingerprint density at radius 3 is 2.68 bits per heavy atom. The Bertz CT molecular complexity index is 1100. The molecule has 4 aromatic rings. The van der Waals surface area contributed by atoms with Crippen LogP contribution < -0.4 is 0 Å². The molecule has 6 heteroatoms. The van der Waals surface area contributed by atoms with Crippen LogP contribution >= 0.6 is 0 Å². The molecular weight excluding hydrogens is 354 g/mol. The molecular formula is C22H21N3O3. The number of hydrogen-bond acceptors (Lipinski definition) is 5. The Morgan fingerprint density at radius 2 is 1.93 bits per heavy atom. The second-order valence-electron chi connectivity index (χ2n) is 6.53. The van der Waals surface area contributed by atoms with Crippen molar-refractivity contribution in [1.29, 1.82) is 0 Å². The van der Waals surface area contributed by atoms with Gasteiger partial charge >= 0.3 is 0 Å². The van der Waals surface area contributed by atoms with Crippen LogP contribution in [-0.2, 0) is 0 Å². The van der Waals surface area contributed by atoms with Crippen LogP contribution in [0.5, 0.6) is 0 Å². The van der Waals surface area contributed by atoms with Crippen molar-refractivity contribution in [3.8, 4) is 22.8 Å². The molecule has 2 heterocycles. The zero-order chi connectivity index (χ0) is 19.5. The van der Waals surface area contributed by atoms with Gasteiger partial charge in [-0.05, 0) is 43.7 Å². The van der Waals surface area contributed by atoms with E-state index in [1.807, 2.05) is 48.2 Å². The van der Waals surface area contributed by atoms with E-state index in [0.29, 0.717) is 35.0 Å². The molecule has 2 aromatic heterocycles. The van der Waals surface area contributed by atoms with Gasteiger partial charge in [0.05, 0.1) is 5.39 Å².